The van der Waals surface area contributed by atoms with Gasteiger partial charge in [-0.1, -0.05) is 30.3 Å². The summed E-state index contributed by atoms with van der Waals surface area (Å²) in [5.74, 6) is 0.851. The molecule has 0 N–H and O–H groups in total. The highest BCUT2D eigenvalue weighted by Gasteiger charge is 2.23. The van der Waals surface area contributed by atoms with Crippen molar-refractivity contribution in [1.29, 1.82) is 5.26 Å². The quantitative estimate of drug-likeness (QED) is 0.874. The Morgan fingerprint density at radius 1 is 1.32 bits per heavy atom. The molecule has 5 heteroatoms. The normalized spacial score (nSPS) is 12.4. The Morgan fingerprint density at radius 2 is 1.95 bits per heavy atom. The average molecular weight is 319 g/mol. The summed E-state index contributed by atoms with van der Waals surface area (Å²) in [5.41, 5.74) is 1.78. The summed E-state index contributed by atoms with van der Waals surface area (Å²) in [7, 11) is 5.68. The van der Waals surface area contributed by atoms with Crippen LogP contribution in [0.5, 0.6) is 0 Å². The van der Waals surface area contributed by atoms with Crippen LogP contribution in [0.25, 0.3) is 11.4 Å². The highest BCUT2D eigenvalue weighted by molar-refractivity contribution is 9.10. The molecule has 0 aliphatic carbocycles. The van der Waals surface area contributed by atoms with Crippen LogP contribution in [-0.2, 0) is 7.05 Å². The molecule has 1 atom stereocenters. The molecule has 0 aliphatic rings. The highest BCUT2D eigenvalue weighted by atomic mass is 79.9. The van der Waals surface area contributed by atoms with E-state index < -0.39 is 0 Å². The van der Waals surface area contributed by atoms with Crippen LogP contribution in [0, 0.1) is 11.3 Å². The van der Waals surface area contributed by atoms with E-state index in [1.807, 2.05) is 60.9 Å². The molecule has 0 radical (unpaired) electrons. The minimum absolute atomic E-state index is 0.363. The van der Waals surface area contributed by atoms with E-state index in [1.165, 1.54) is 0 Å². The van der Waals surface area contributed by atoms with Crippen molar-refractivity contribution < 1.29 is 0 Å². The number of hydrogen-bond donors (Lipinski definition) is 0. The van der Waals surface area contributed by atoms with Crippen molar-refractivity contribution in [1.82, 2.24) is 14.5 Å². The van der Waals surface area contributed by atoms with Crippen LogP contribution in [0.2, 0.25) is 0 Å². The second-order valence-electron chi connectivity index (χ2n) is 4.53. The fourth-order valence-corrected chi connectivity index (χ4v) is 2.41. The summed E-state index contributed by atoms with van der Waals surface area (Å²) in [5, 5.41) is 9.28. The fourth-order valence-electron chi connectivity index (χ4n) is 1.94. The first-order valence-corrected chi connectivity index (χ1v) is 6.69. The number of nitriles is 1. The Hall–Kier alpha value is -1.64. The van der Waals surface area contributed by atoms with Gasteiger partial charge in [0.15, 0.2) is 0 Å². The Labute approximate surface area is 121 Å². The molecular formula is C14H15BrN4. The van der Waals surface area contributed by atoms with E-state index in [4.69, 9.17) is 0 Å². The van der Waals surface area contributed by atoms with Crippen molar-refractivity contribution in [3.63, 3.8) is 0 Å². The zero-order valence-corrected chi connectivity index (χ0v) is 12.7. The SMILES string of the molecule is CN(C)C(C#N)c1nc(-c2ccccc2)n(C)c1Br. The molecule has 0 bridgehead atoms. The Balaban J connectivity index is 2.54. The van der Waals surface area contributed by atoms with Crippen molar-refractivity contribution >= 4 is 15.9 Å². The molecule has 0 aliphatic heterocycles. The van der Waals surface area contributed by atoms with Crippen LogP contribution in [0.15, 0.2) is 34.9 Å². The summed E-state index contributed by atoms with van der Waals surface area (Å²) in [6.07, 6.45) is 0. The maximum Gasteiger partial charge on any atom is 0.143 e. The van der Waals surface area contributed by atoms with Gasteiger partial charge in [-0.05, 0) is 30.0 Å². The van der Waals surface area contributed by atoms with Crippen LogP contribution in [0.1, 0.15) is 11.7 Å². The van der Waals surface area contributed by atoms with Crippen LogP contribution in [0.4, 0.5) is 0 Å². The lowest BCUT2D eigenvalue weighted by atomic mass is 10.2. The van der Waals surface area contributed by atoms with Gasteiger partial charge in [-0.25, -0.2) is 4.98 Å². The lowest BCUT2D eigenvalue weighted by Crippen LogP contribution is -2.19. The minimum Gasteiger partial charge on any atom is -0.322 e. The smallest absolute Gasteiger partial charge is 0.143 e. The monoisotopic (exact) mass is 318 g/mol. The third-order valence-electron chi connectivity index (χ3n) is 2.98. The van der Waals surface area contributed by atoms with E-state index in [1.54, 1.807) is 0 Å². The third-order valence-corrected chi connectivity index (χ3v) is 3.92. The van der Waals surface area contributed by atoms with E-state index in [-0.39, 0.29) is 6.04 Å². The molecule has 0 saturated carbocycles. The molecule has 1 aromatic carbocycles. The zero-order valence-electron chi connectivity index (χ0n) is 11.1. The van der Waals surface area contributed by atoms with E-state index in [0.29, 0.717) is 0 Å². The van der Waals surface area contributed by atoms with Crippen molar-refractivity contribution in [2.45, 2.75) is 6.04 Å². The van der Waals surface area contributed by atoms with E-state index in [0.717, 1.165) is 21.7 Å². The average Bonchev–Trinajstić information content (AvgIpc) is 2.69. The van der Waals surface area contributed by atoms with Gasteiger partial charge in [0.2, 0.25) is 0 Å². The summed E-state index contributed by atoms with van der Waals surface area (Å²) in [4.78, 5) is 6.47. The zero-order chi connectivity index (χ0) is 14.0. The summed E-state index contributed by atoms with van der Waals surface area (Å²) in [6.45, 7) is 0. The second-order valence-corrected chi connectivity index (χ2v) is 5.28. The number of hydrogen-bond acceptors (Lipinski definition) is 3. The predicted molar refractivity (Wildman–Crippen MR) is 78.4 cm³/mol. The molecule has 0 fully saturated rings. The van der Waals surface area contributed by atoms with Gasteiger partial charge in [-0.2, -0.15) is 5.26 Å². The van der Waals surface area contributed by atoms with Gasteiger partial charge >= 0.3 is 0 Å². The maximum absolute atomic E-state index is 9.28. The molecule has 98 valence electrons. The second kappa shape index (κ2) is 5.55. The standard InChI is InChI=1S/C14H15BrN4/c1-18(2)11(9-16)12-13(15)19(3)14(17-12)10-7-5-4-6-8-10/h4-8,11H,1-3H3. The molecule has 1 aromatic heterocycles. The van der Waals surface area contributed by atoms with Crippen LogP contribution < -0.4 is 0 Å². The molecule has 1 unspecified atom stereocenters. The topological polar surface area (TPSA) is 44.9 Å². The molecule has 2 aromatic rings. The first-order chi connectivity index (χ1) is 9.06. The first-order valence-electron chi connectivity index (χ1n) is 5.89. The fraction of sp³-hybridized carbons (Fsp3) is 0.286. The van der Waals surface area contributed by atoms with Gasteiger partial charge < -0.3 is 4.57 Å². The van der Waals surface area contributed by atoms with Gasteiger partial charge in [0.25, 0.3) is 0 Å². The van der Waals surface area contributed by atoms with Gasteiger partial charge in [0.05, 0.1) is 6.07 Å². The van der Waals surface area contributed by atoms with Gasteiger partial charge in [0.1, 0.15) is 22.2 Å². The van der Waals surface area contributed by atoms with E-state index in [9.17, 15) is 5.26 Å². The Morgan fingerprint density at radius 3 is 2.47 bits per heavy atom. The van der Waals surface area contributed by atoms with Crippen LogP contribution >= 0.6 is 15.9 Å². The predicted octanol–water partition coefficient (Wildman–Crippen LogP) is 2.98. The number of benzene rings is 1. The first kappa shape index (κ1) is 13.8. The minimum atomic E-state index is -0.363. The summed E-state index contributed by atoms with van der Waals surface area (Å²) in [6, 6.07) is 11.9. The maximum atomic E-state index is 9.28. The lowest BCUT2D eigenvalue weighted by Gasteiger charge is -2.15. The molecule has 4 nitrogen and oxygen atoms in total. The van der Waals surface area contributed by atoms with Crippen molar-refractivity contribution in [2.75, 3.05) is 14.1 Å². The Kier molecular flexibility index (Phi) is 4.03. The lowest BCUT2D eigenvalue weighted by molar-refractivity contribution is 0.352. The van der Waals surface area contributed by atoms with Gasteiger partial charge in [-0.15, -0.1) is 0 Å². The number of halogens is 1. The van der Waals surface area contributed by atoms with Gasteiger partial charge in [0, 0.05) is 12.6 Å². The molecule has 1 heterocycles. The van der Waals surface area contributed by atoms with Crippen molar-refractivity contribution in [2.24, 2.45) is 7.05 Å². The molecule has 0 amide bonds. The third kappa shape index (κ3) is 2.55. The van der Waals surface area contributed by atoms with Crippen LogP contribution in [0.3, 0.4) is 0 Å². The number of rotatable bonds is 3. The summed E-state index contributed by atoms with van der Waals surface area (Å²) >= 11 is 3.53. The molecule has 0 saturated heterocycles. The number of nitrogens with zero attached hydrogens (tertiary/aromatic N) is 4. The largest absolute Gasteiger partial charge is 0.322 e. The number of imidazole rings is 1. The van der Waals surface area contributed by atoms with Crippen molar-refractivity contribution in [3.8, 4) is 17.5 Å². The molecule has 19 heavy (non-hydrogen) atoms. The highest BCUT2D eigenvalue weighted by Crippen LogP contribution is 2.30. The van der Waals surface area contributed by atoms with E-state index in [2.05, 4.69) is 27.0 Å². The molecule has 2 rings (SSSR count). The van der Waals surface area contributed by atoms with Crippen LogP contribution in [-0.4, -0.2) is 28.5 Å². The number of aromatic nitrogens is 2. The summed E-state index contributed by atoms with van der Waals surface area (Å²) < 4.78 is 2.80. The van der Waals surface area contributed by atoms with Crippen molar-refractivity contribution in [3.05, 3.63) is 40.6 Å². The van der Waals surface area contributed by atoms with E-state index >= 15 is 0 Å². The molecular weight excluding hydrogens is 304 g/mol. The van der Waals surface area contributed by atoms with Gasteiger partial charge in [-0.3, -0.25) is 4.90 Å². The molecule has 0 spiro atoms. The Bertz CT molecular complexity index is 610.